The van der Waals surface area contributed by atoms with E-state index in [0.29, 0.717) is 0 Å². The van der Waals surface area contributed by atoms with Gasteiger partial charge in [0, 0.05) is 18.0 Å². The maximum absolute atomic E-state index is 5.68. The molecule has 3 heteroatoms. The number of benzene rings is 1. The summed E-state index contributed by atoms with van der Waals surface area (Å²) in [7, 11) is 0. The maximum atomic E-state index is 5.68. The summed E-state index contributed by atoms with van der Waals surface area (Å²) < 4.78 is 5.68. The van der Waals surface area contributed by atoms with Crippen LogP contribution in [0.3, 0.4) is 0 Å². The van der Waals surface area contributed by atoms with E-state index in [4.69, 9.17) is 4.74 Å². The second kappa shape index (κ2) is 5.42. The average Bonchev–Trinajstić information content (AvgIpc) is 2.30. The van der Waals surface area contributed by atoms with Gasteiger partial charge in [-0.1, -0.05) is 44.7 Å². The minimum absolute atomic E-state index is 0.228. The summed E-state index contributed by atoms with van der Waals surface area (Å²) in [5, 5.41) is 3.34. The number of thioether (sulfide) groups is 1. The van der Waals surface area contributed by atoms with E-state index >= 15 is 0 Å². The molecule has 2 nitrogen and oxygen atoms in total. The van der Waals surface area contributed by atoms with E-state index in [2.05, 4.69) is 50.4 Å². The summed E-state index contributed by atoms with van der Waals surface area (Å²) in [5.41, 5.74) is 1.86. The van der Waals surface area contributed by atoms with Crippen molar-refractivity contribution in [2.75, 3.05) is 19.7 Å². The molecule has 17 heavy (non-hydrogen) atoms. The molecule has 0 bridgehead atoms. The molecule has 0 saturated carbocycles. The first-order valence-corrected chi connectivity index (χ1v) is 7.03. The normalized spacial score (nSPS) is 21.5. The second-order valence-electron chi connectivity index (χ2n) is 5.40. The molecule has 1 aromatic carbocycles. The first kappa shape index (κ1) is 12.9. The zero-order chi connectivity index (χ0) is 12.3. The third-order valence-electron chi connectivity index (χ3n) is 2.88. The number of ether oxygens (including phenoxy) is 1. The van der Waals surface area contributed by atoms with Gasteiger partial charge in [0.25, 0.3) is 0 Å². The Morgan fingerprint density at radius 3 is 2.47 bits per heavy atom. The predicted octanol–water partition coefficient (Wildman–Crippen LogP) is 3.02. The van der Waals surface area contributed by atoms with Crippen LogP contribution in [0.2, 0.25) is 0 Å². The smallest absolute Gasteiger partial charge is 0.120 e. The first-order chi connectivity index (χ1) is 8.05. The van der Waals surface area contributed by atoms with Crippen LogP contribution >= 0.6 is 11.8 Å². The molecule has 0 aliphatic carbocycles. The molecule has 1 unspecified atom stereocenters. The molecule has 0 radical (unpaired) electrons. The van der Waals surface area contributed by atoms with Crippen molar-refractivity contribution >= 4 is 11.8 Å². The highest BCUT2D eigenvalue weighted by Gasteiger charge is 2.16. The summed E-state index contributed by atoms with van der Waals surface area (Å²) >= 11 is 1.80. The Hall–Kier alpha value is -0.510. The van der Waals surface area contributed by atoms with Crippen molar-refractivity contribution in [1.29, 1.82) is 0 Å². The van der Waals surface area contributed by atoms with Crippen molar-refractivity contribution in [1.82, 2.24) is 5.32 Å². The summed E-state index contributed by atoms with van der Waals surface area (Å²) in [6.45, 7) is 9.44. The average molecular weight is 251 g/mol. The lowest BCUT2D eigenvalue weighted by Crippen LogP contribution is -2.36. The van der Waals surface area contributed by atoms with Crippen LogP contribution in [-0.2, 0) is 10.2 Å². The molecule has 0 amide bonds. The van der Waals surface area contributed by atoms with Gasteiger partial charge in [-0.25, -0.2) is 0 Å². The fourth-order valence-corrected chi connectivity index (χ4v) is 2.76. The highest BCUT2D eigenvalue weighted by atomic mass is 32.2. The molecular formula is C14H21NOS. The SMILES string of the molecule is CC(C)(C)c1ccc(SC2CNCCO2)cc1. The van der Waals surface area contributed by atoms with Crippen molar-refractivity contribution in [2.45, 2.75) is 36.5 Å². The van der Waals surface area contributed by atoms with Crippen LogP contribution in [0, 0.1) is 0 Å². The van der Waals surface area contributed by atoms with Gasteiger partial charge >= 0.3 is 0 Å². The molecule has 2 rings (SSSR count). The highest BCUT2D eigenvalue weighted by Crippen LogP contribution is 2.28. The van der Waals surface area contributed by atoms with E-state index in [1.807, 2.05) is 0 Å². The Balaban J connectivity index is 1.98. The van der Waals surface area contributed by atoms with Crippen LogP contribution in [0.4, 0.5) is 0 Å². The summed E-state index contributed by atoms with van der Waals surface area (Å²) in [6, 6.07) is 8.84. The quantitative estimate of drug-likeness (QED) is 0.873. The van der Waals surface area contributed by atoms with Gasteiger partial charge < -0.3 is 10.1 Å². The molecular weight excluding hydrogens is 230 g/mol. The van der Waals surface area contributed by atoms with Gasteiger partial charge in [-0.3, -0.25) is 0 Å². The first-order valence-electron chi connectivity index (χ1n) is 6.15. The monoisotopic (exact) mass is 251 g/mol. The molecule has 1 aliphatic rings. The number of nitrogens with one attached hydrogen (secondary N) is 1. The zero-order valence-corrected chi connectivity index (χ0v) is 11.6. The topological polar surface area (TPSA) is 21.3 Å². The van der Waals surface area contributed by atoms with Crippen molar-refractivity contribution in [3.63, 3.8) is 0 Å². The fourth-order valence-electron chi connectivity index (χ4n) is 1.80. The van der Waals surface area contributed by atoms with Gasteiger partial charge in [0.2, 0.25) is 0 Å². The largest absolute Gasteiger partial charge is 0.365 e. The summed E-state index contributed by atoms with van der Waals surface area (Å²) in [4.78, 5) is 1.28. The molecule has 94 valence electrons. The molecule has 1 N–H and O–H groups in total. The maximum Gasteiger partial charge on any atom is 0.120 e. The third-order valence-corrected chi connectivity index (χ3v) is 3.99. The Kier molecular flexibility index (Phi) is 4.13. The van der Waals surface area contributed by atoms with Crippen molar-refractivity contribution in [3.05, 3.63) is 29.8 Å². The van der Waals surface area contributed by atoms with E-state index in [1.54, 1.807) is 11.8 Å². The molecule has 0 spiro atoms. The third kappa shape index (κ3) is 3.73. The van der Waals surface area contributed by atoms with E-state index in [-0.39, 0.29) is 10.9 Å². The van der Waals surface area contributed by atoms with Crippen molar-refractivity contribution in [2.24, 2.45) is 0 Å². The van der Waals surface area contributed by atoms with Gasteiger partial charge in [-0.15, -0.1) is 0 Å². The number of morpholine rings is 1. The van der Waals surface area contributed by atoms with Gasteiger partial charge in [-0.05, 0) is 23.1 Å². The lowest BCUT2D eigenvalue weighted by atomic mass is 9.87. The molecule has 1 aromatic rings. The van der Waals surface area contributed by atoms with Crippen LogP contribution in [0.5, 0.6) is 0 Å². The minimum Gasteiger partial charge on any atom is -0.365 e. The molecule has 1 fully saturated rings. The van der Waals surface area contributed by atoms with E-state index in [0.717, 1.165) is 19.7 Å². The predicted molar refractivity (Wildman–Crippen MR) is 73.6 cm³/mol. The standard InChI is InChI=1S/C14H21NOS/c1-14(2,3)11-4-6-12(7-5-11)17-13-10-15-8-9-16-13/h4-7,13,15H,8-10H2,1-3H3. The van der Waals surface area contributed by atoms with Crippen molar-refractivity contribution in [3.8, 4) is 0 Å². The Labute approximate surface area is 108 Å². The number of hydrogen-bond donors (Lipinski definition) is 1. The Bertz CT molecular complexity index is 349. The Morgan fingerprint density at radius 2 is 1.94 bits per heavy atom. The van der Waals surface area contributed by atoms with E-state index in [9.17, 15) is 0 Å². The number of rotatable bonds is 2. The van der Waals surface area contributed by atoms with Gasteiger partial charge in [0.15, 0.2) is 0 Å². The second-order valence-corrected chi connectivity index (χ2v) is 6.63. The van der Waals surface area contributed by atoms with E-state index in [1.165, 1.54) is 10.5 Å². The molecule has 1 atom stereocenters. The van der Waals surface area contributed by atoms with Crippen molar-refractivity contribution < 1.29 is 4.74 Å². The molecule has 0 aromatic heterocycles. The summed E-state index contributed by atoms with van der Waals surface area (Å²) in [5.74, 6) is 0. The van der Waals surface area contributed by atoms with Crippen LogP contribution in [0.1, 0.15) is 26.3 Å². The zero-order valence-electron chi connectivity index (χ0n) is 10.8. The lowest BCUT2D eigenvalue weighted by molar-refractivity contribution is 0.0853. The fraction of sp³-hybridized carbons (Fsp3) is 0.571. The van der Waals surface area contributed by atoms with E-state index < -0.39 is 0 Å². The molecule has 1 heterocycles. The number of hydrogen-bond acceptors (Lipinski definition) is 3. The summed E-state index contributed by atoms with van der Waals surface area (Å²) in [6.07, 6.45) is 0. The minimum atomic E-state index is 0.228. The Morgan fingerprint density at radius 1 is 1.24 bits per heavy atom. The van der Waals surface area contributed by atoms with Gasteiger partial charge in [0.05, 0.1) is 6.61 Å². The van der Waals surface area contributed by atoms with Crippen LogP contribution in [-0.4, -0.2) is 25.1 Å². The van der Waals surface area contributed by atoms with Crippen LogP contribution in [0.25, 0.3) is 0 Å². The van der Waals surface area contributed by atoms with Crippen LogP contribution < -0.4 is 5.32 Å². The lowest BCUT2D eigenvalue weighted by Gasteiger charge is -2.23. The van der Waals surface area contributed by atoms with Crippen LogP contribution in [0.15, 0.2) is 29.2 Å². The van der Waals surface area contributed by atoms with Gasteiger partial charge in [0.1, 0.15) is 5.44 Å². The highest BCUT2D eigenvalue weighted by molar-refractivity contribution is 7.99. The molecule has 1 saturated heterocycles. The van der Waals surface area contributed by atoms with Gasteiger partial charge in [-0.2, -0.15) is 0 Å². The molecule has 1 aliphatic heterocycles.